The van der Waals surface area contributed by atoms with Gasteiger partial charge in [-0.1, -0.05) is 23.2 Å². The number of hydrogen-bond donors (Lipinski definition) is 1. The molecule has 0 aliphatic heterocycles. The molecule has 0 aliphatic rings. The molecule has 9 heteroatoms. The van der Waals surface area contributed by atoms with Crippen LogP contribution < -0.4 is 4.74 Å². The molecule has 0 amide bonds. The van der Waals surface area contributed by atoms with Crippen molar-refractivity contribution in [2.75, 3.05) is 0 Å². The van der Waals surface area contributed by atoms with E-state index in [9.17, 15) is 14.9 Å². The number of nitro groups is 1. The number of carboxylic acids is 1. The molecule has 2 rings (SSSR count). The Bertz CT molecular complexity index is 736. The summed E-state index contributed by atoms with van der Waals surface area (Å²) in [4.78, 5) is 24.6. The first-order chi connectivity index (χ1) is 9.88. The lowest BCUT2D eigenvalue weighted by atomic mass is 10.2. The van der Waals surface area contributed by atoms with E-state index in [1.165, 1.54) is 18.2 Å². The van der Waals surface area contributed by atoms with Crippen molar-refractivity contribution in [2.45, 2.75) is 0 Å². The van der Waals surface area contributed by atoms with Crippen molar-refractivity contribution in [3.8, 4) is 11.6 Å². The second-order valence-electron chi connectivity index (χ2n) is 3.79. The highest BCUT2D eigenvalue weighted by Crippen LogP contribution is 2.33. The van der Waals surface area contributed by atoms with Gasteiger partial charge < -0.3 is 9.84 Å². The Morgan fingerprint density at radius 1 is 1.29 bits per heavy atom. The fourth-order valence-electron chi connectivity index (χ4n) is 1.42. The summed E-state index contributed by atoms with van der Waals surface area (Å²) in [6.07, 6.45) is 0.961. The molecule has 0 radical (unpaired) electrons. The Hall–Kier alpha value is -2.38. The molecule has 2 aromatic rings. The van der Waals surface area contributed by atoms with Crippen LogP contribution in [0.5, 0.6) is 11.6 Å². The van der Waals surface area contributed by atoms with Gasteiger partial charge in [0.15, 0.2) is 0 Å². The zero-order valence-electron chi connectivity index (χ0n) is 10.1. The quantitative estimate of drug-likeness (QED) is 0.676. The van der Waals surface area contributed by atoms with E-state index in [2.05, 4.69) is 4.98 Å². The van der Waals surface area contributed by atoms with E-state index in [0.29, 0.717) is 5.02 Å². The number of rotatable bonds is 4. The summed E-state index contributed by atoms with van der Waals surface area (Å²) in [7, 11) is 0. The Morgan fingerprint density at radius 3 is 2.57 bits per heavy atom. The first-order valence-electron chi connectivity index (χ1n) is 5.39. The van der Waals surface area contributed by atoms with E-state index in [0.717, 1.165) is 12.3 Å². The third kappa shape index (κ3) is 3.39. The second kappa shape index (κ2) is 5.94. The number of nitrogens with zero attached hydrogens (tertiary/aromatic N) is 2. The van der Waals surface area contributed by atoms with Gasteiger partial charge in [0.2, 0.25) is 0 Å². The summed E-state index contributed by atoms with van der Waals surface area (Å²) in [5.74, 6) is -1.49. The second-order valence-corrected chi connectivity index (χ2v) is 4.60. The Kier molecular flexibility index (Phi) is 4.25. The number of benzene rings is 1. The monoisotopic (exact) mass is 328 g/mol. The summed E-state index contributed by atoms with van der Waals surface area (Å²) in [5.41, 5.74) is -0.885. The van der Waals surface area contributed by atoms with Crippen LogP contribution in [-0.4, -0.2) is 21.0 Å². The Labute approximate surface area is 127 Å². The van der Waals surface area contributed by atoms with Crippen LogP contribution in [0, 0.1) is 10.1 Å². The number of halogens is 2. The molecule has 21 heavy (non-hydrogen) atoms. The highest BCUT2D eigenvalue weighted by atomic mass is 35.5. The number of carbonyl (C=O) groups is 1. The summed E-state index contributed by atoms with van der Waals surface area (Å²) < 4.78 is 5.25. The summed E-state index contributed by atoms with van der Waals surface area (Å²) in [5, 5.41) is 20.3. The molecule has 1 N–H and O–H groups in total. The normalized spacial score (nSPS) is 10.2. The van der Waals surface area contributed by atoms with Gasteiger partial charge in [0, 0.05) is 18.3 Å². The molecule has 0 atom stereocenters. The van der Waals surface area contributed by atoms with Crippen LogP contribution in [-0.2, 0) is 0 Å². The molecule has 0 saturated carbocycles. The maximum Gasteiger partial charge on any atom is 0.337 e. The van der Waals surface area contributed by atoms with Crippen molar-refractivity contribution in [1.29, 1.82) is 0 Å². The smallest absolute Gasteiger partial charge is 0.337 e. The molecule has 0 aliphatic carbocycles. The average molecular weight is 329 g/mol. The summed E-state index contributed by atoms with van der Waals surface area (Å²) in [6.45, 7) is 0. The topological polar surface area (TPSA) is 103 Å². The standard InChI is InChI=1S/C12H6Cl2N2O5/c13-8-2-1-7(4-9(8)14)21-11-10(16(19)20)3-6(5-15-11)12(17)18/h1-5H,(H,17,18). The fraction of sp³-hybridized carbons (Fsp3) is 0. The lowest BCUT2D eigenvalue weighted by molar-refractivity contribution is -0.386. The Morgan fingerprint density at radius 2 is 2.00 bits per heavy atom. The molecule has 0 spiro atoms. The highest BCUT2D eigenvalue weighted by Gasteiger charge is 2.21. The summed E-state index contributed by atoms with van der Waals surface area (Å²) in [6, 6.07) is 5.13. The van der Waals surface area contributed by atoms with Gasteiger partial charge >= 0.3 is 11.7 Å². The maximum absolute atomic E-state index is 11.0. The van der Waals surface area contributed by atoms with Crippen LogP contribution in [0.3, 0.4) is 0 Å². The molecular formula is C12H6Cl2N2O5. The number of pyridine rings is 1. The third-order valence-electron chi connectivity index (χ3n) is 2.38. The van der Waals surface area contributed by atoms with E-state index in [1.54, 1.807) is 0 Å². The highest BCUT2D eigenvalue weighted by molar-refractivity contribution is 6.42. The molecule has 1 heterocycles. The van der Waals surface area contributed by atoms with Crippen LogP contribution in [0.15, 0.2) is 30.5 Å². The van der Waals surface area contributed by atoms with Crippen LogP contribution >= 0.6 is 23.2 Å². The molecular weight excluding hydrogens is 323 g/mol. The molecule has 108 valence electrons. The zero-order valence-corrected chi connectivity index (χ0v) is 11.6. The van der Waals surface area contributed by atoms with E-state index in [4.69, 9.17) is 33.0 Å². The SMILES string of the molecule is O=C(O)c1cnc(Oc2ccc(Cl)c(Cl)c2)c([N+](=O)[O-])c1. The molecule has 0 unspecified atom stereocenters. The number of hydrogen-bond acceptors (Lipinski definition) is 5. The van der Waals surface area contributed by atoms with Gasteiger partial charge in [0.25, 0.3) is 5.88 Å². The predicted molar refractivity (Wildman–Crippen MR) is 74.4 cm³/mol. The molecule has 1 aromatic heterocycles. The van der Waals surface area contributed by atoms with Crippen molar-refractivity contribution in [3.05, 3.63) is 56.2 Å². The minimum absolute atomic E-state index is 0.183. The van der Waals surface area contributed by atoms with Gasteiger partial charge in [-0.25, -0.2) is 9.78 Å². The largest absolute Gasteiger partial charge is 0.478 e. The minimum atomic E-state index is -1.33. The molecule has 1 aromatic carbocycles. The third-order valence-corrected chi connectivity index (χ3v) is 3.12. The lowest BCUT2D eigenvalue weighted by Crippen LogP contribution is -2.02. The van der Waals surface area contributed by atoms with Crippen LogP contribution in [0.1, 0.15) is 10.4 Å². The zero-order chi connectivity index (χ0) is 15.6. The van der Waals surface area contributed by atoms with E-state index in [1.807, 2.05) is 0 Å². The minimum Gasteiger partial charge on any atom is -0.478 e. The fourth-order valence-corrected chi connectivity index (χ4v) is 1.71. The van der Waals surface area contributed by atoms with Crippen LogP contribution in [0.4, 0.5) is 5.69 Å². The van der Waals surface area contributed by atoms with Gasteiger partial charge in [0.05, 0.1) is 20.5 Å². The van der Waals surface area contributed by atoms with Gasteiger partial charge in [-0.2, -0.15) is 0 Å². The number of aromatic carboxylic acids is 1. The van der Waals surface area contributed by atoms with Gasteiger partial charge in [-0.3, -0.25) is 10.1 Å². The van der Waals surface area contributed by atoms with Crippen molar-refractivity contribution in [1.82, 2.24) is 4.98 Å². The van der Waals surface area contributed by atoms with Crippen molar-refractivity contribution < 1.29 is 19.6 Å². The predicted octanol–water partition coefficient (Wildman–Crippen LogP) is 3.79. The maximum atomic E-state index is 11.0. The van der Waals surface area contributed by atoms with Crippen molar-refractivity contribution in [2.24, 2.45) is 0 Å². The van der Waals surface area contributed by atoms with Gasteiger partial charge in [0.1, 0.15) is 5.75 Å². The van der Waals surface area contributed by atoms with Crippen LogP contribution in [0.2, 0.25) is 10.0 Å². The number of ether oxygens (including phenoxy) is 1. The first-order valence-corrected chi connectivity index (χ1v) is 6.14. The van der Waals surface area contributed by atoms with Crippen molar-refractivity contribution >= 4 is 34.9 Å². The molecule has 0 saturated heterocycles. The summed E-state index contributed by atoms with van der Waals surface area (Å²) >= 11 is 11.5. The Balaban J connectivity index is 2.41. The van der Waals surface area contributed by atoms with Gasteiger partial charge in [-0.05, 0) is 12.1 Å². The molecule has 0 fully saturated rings. The van der Waals surface area contributed by atoms with E-state index in [-0.39, 0.29) is 22.2 Å². The average Bonchev–Trinajstić information content (AvgIpc) is 2.43. The molecule has 7 nitrogen and oxygen atoms in total. The lowest BCUT2D eigenvalue weighted by Gasteiger charge is -2.06. The molecule has 0 bridgehead atoms. The van der Waals surface area contributed by atoms with E-state index < -0.39 is 16.6 Å². The number of carboxylic acid groups (broad SMARTS) is 1. The first kappa shape index (κ1) is 15.0. The van der Waals surface area contributed by atoms with Crippen molar-refractivity contribution in [3.63, 3.8) is 0 Å². The van der Waals surface area contributed by atoms with Gasteiger partial charge in [-0.15, -0.1) is 0 Å². The van der Waals surface area contributed by atoms with E-state index >= 15 is 0 Å². The van der Waals surface area contributed by atoms with Crippen LogP contribution in [0.25, 0.3) is 0 Å². The number of aromatic nitrogens is 1.